The molecule has 0 bridgehead atoms. The number of nitro groups is 2. The maximum absolute atomic E-state index is 13.9. The van der Waals surface area contributed by atoms with Crippen LogP contribution in [0.5, 0.6) is 5.75 Å². The first-order chi connectivity index (χ1) is 18.7. The Balaban J connectivity index is 1.63. The number of nitro benzene ring substituents is 2. The zero-order valence-corrected chi connectivity index (χ0v) is 22.3. The Labute approximate surface area is 231 Å². The van der Waals surface area contributed by atoms with Crippen LogP contribution in [0.1, 0.15) is 34.7 Å². The van der Waals surface area contributed by atoms with Crippen molar-refractivity contribution in [1.82, 2.24) is 4.57 Å². The maximum atomic E-state index is 13.9. The average molecular weight is 605 g/mol. The molecule has 39 heavy (non-hydrogen) atoms. The highest BCUT2D eigenvalue weighted by Gasteiger charge is 2.33. The molecule has 2 heterocycles. The van der Waals surface area contributed by atoms with Gasteiger partial charge in [0, 0.05) is 33.8 Å². The van der Waals surface area contributed by atoms with Crippen LogP contribution in [0.3, 0.4) is 0 Å². The smallest absolute Gasteiger partial charge is 0.312 e. The number of aryl methyl sites for hydroxylation is 1. The largest absolute Gasteiger partial charge is 0.502 e. The highest BCUT2D eigenvalue weighted by atomic mass is 79.9. The molecule has 1 aliphatic heterocycles. The number of non-ortho nitro benzene ring substituents is 1. The van der Waals surface area contributed by atoms with Crippen LogP contribution in [0.4, 0.5) is 11.4 Å². The molecule has 4 aromatic rings. The van der Waals surface area contributed by atoms with E-state index in [0.717, 1.165) is 40.2 Å². The minimum absolute atomic E-state index is 0.0867. The van der Waals surface area contributed by atoms with E-state index in [4.69, 9.17) is 4.99 Å². The van der Waals surface area contributed by atoms with Crippen molar-refractivity contribution < 1.29 is 15.0 Å². The van der Waals surface area contributed by atoms with Gasteiger partial charge < -0.3 is 5.11 Å². The molecule has 1 aromatic heterocycles. The van der Waals surface area contributed by atoms with Crippen LogP contribution in [0, 0.1) is 20.2 Å². The summed E-state index contributed by atoms with van der Waals surface area (Å²) in [5.74, 6) is -0.558. The number of benzene rings is 3. The lowest BCUT2D eigenvalue weighted by Gasteiger charge is -2.30. The average Bonchev–Trinajstić information content (AvgIpc) is 3.23. The SMILES string of the molecule is O=c1c(=Cc2cc(Br)cc([N+](=O)[O-])c2O)sc2n1C(c1cccc([N+](=O)[O-])c1)C1=C(N=2)c2ccccc2CC1. The number of allylic oxidation sites excluding steroid dienone is 1. The van der Waals surface area contributed by atoms with Crippen molar-refractivity contribution in [3.05, 3.63) is 133 Å². The first-order valence-electron chi connectivity index (χ1n) is 11.8. The van der Waals surface area contributed by atoms with Gasteiger partial charge in [-0.05, 0) is 41.7 Å². The predicted molar refractivity (Wildman–Crippen MR) is 148 cm³/mol. The number of hydrogen-bond acceptors (Lipinski definition) is 8. The molecular formula is C27H17BrN4O6S. The van der Waals surface area contributed by atoms with Crippen LogP contribution < -0.4 is 14.9 Å². The second kappa shape index (κ2) is 9.40. The molecule has 1 atom stereocenters. The normalized spacial score (nSPS) is 16.2. The van der Waals surface area contributed by atoms with E-state index in [2.05, 4.69) is 15.9 Å². The van der Waals surface area contributed by atoms with Crippen molar-refractivity contribution in [2.45, 2.75) is 18.9 Å². The van der Waals surface area contributed by atoms with Crippen LogP contribution in [0.15, 0.2) is 80.5 Å². The molecule has 0 fully saturated rings. The summed E-state index contributed by atoms with van der Waals surface area (Å²) in [4.78, 5) is 40.9. The molecular weight excluding hydrogens is 588 g/mol. The number of hydrogen-bond donors (Lipinski definition) is 1. The number of phenolic OH excluding ortho intramolecular Hbond substituents is 1. The molecule has 1 N–H and O–H groups in total. The van der Waals surface area contributed by atoms with Crippen molar-refractivity contribution in [2.24, 2.45) is 4.99 Å². The van der Waals surface area contributed by atoms with E-state index in [0.29, 0.717) is 21.3 Å². The van der Waals surface area contributed by atoms with E-state index in [1.807, 2.05) is 24.3 Å². The van der Waals surface area contributed by atoms with E-state index < -0.39 is 32.9 Å². The Morgan fingerprint density at radius 3 is 2.62 bits per heavy atom. The molecule has 0 saturated carbocycles. The summed E-state index contributed by atoms with van der Waals surface area (Å²) < 4.78 is 2.10. The van der Waals surface area contributed by atoms with E-state index in [1.165, 1.54) is 34.9 Å². The molecule has 1 unspecified atom stereocenters. The Morgan fingerprint density at radius 2 is 1.85 bits per heavy atom. The van der Waals surface area contributed by atoms with E-state index in [1.54, 1.807) is 12.1 Å². The monoisotopic (exact) mass is 604 g/mol. The molecule has 194 valence electrons. The molecule has 0 saturated heterocycles. The van der Waals surface area contributed by atoms with Gasteiger partial charge in [0.2, 0.25) is 5.75 Å². The van der Waals surface area contributed by atoms with E-state index in [9.17, 15) is 30.1 Å². The van der Waals surface area contributed by atoms with Gasteiger partial charge in [-0.25, -0.2) is 4.99 Å². The maximum Gasteiger partial charge on any atom is 0.312 e. The Bertz CT molecular complexity index is 1940. The van der Waals surface area contributed by atoms with E-state index in [-0.39, 0.29) is 15.8 Å². The van der Waals surface area contributed by atoms with Gasteiger partial charge in [0.15, 0.2) is 4.80 Å². The molecule has 12 heteroatoms. The van der Waals surface area contributed by atoms with Gasteiger partial charge in [-0.3, -0.25) is 29.6 Å². The van der Waals surface area contributed by atoms with Gasteiger partial charge in [0.05, 0.1) is 26.1 Å². The van der Waals surface area contributed by atoms with Gasteiger partial charge in [0.1, 0.15) is 0 Å². The van der Waals surface area contributed by atoms with Crippen LogP contribution in [-0.2, 0) is 6.42 Å². The van der Waals surface area contributed by atoms with Crippen molar-refractivity contribution in [3.63, 3.8) is 0 Å². The topological polar surface area (TPSA) is 141 Å². The van der Waals surface area contributed by atoms with Gasteiger partial charge in [-0.1, -0.05) is 63.7 Å². The zero-order valence-electron chi connectivity index (χ0n) is 19.9. The molecule has 0 spiro atoms. The standard InChI is InChI=1S/C27H17BrN4O6S/c28-17-10-16(25(33)21(13-17)32(37)38)12-22-26(34)30-24(15-5-3-6-18(11-15)31(35)36)20-9-8-14-4-1-2-7-19(14)23(20)29-27(30)39-22/h1-7,10-13,24,33H,8-9H2. The minimum atomic E-state index is -0.702. The Kier molecular flexibility index (Phi) is 6.00. The summed E-state index contributed by atoms with van der Waals surface area (Å²) in [6.45, 7) is 0. The van der Waals surface area contributed by atoms with Gasteiger partial charge in [-0.15, -0.1) is 0 Å². The molecule has 0 radical (unpaired) electrons. The number of phenols is 1. The van der Waals surface area contributed by atoms with E-state index >= 15 is 0 Å². The van der Waals surface area contributed by atoms with Crippen molar-refractivity contribution in [3.8, 4) is 5.75 Å². The lowest BCUT2D eigenvalue weighted by atomic mass is 9.83. The number of aromatic nitrogens is 1. The van der Waals surface area contributed by atoms with Crippen molar-refractivity contribution in [1.29, 1.82) is 0 Å². The quantitative estimate of drug-likeness (QED) is 0.266. The molecule has 2 aliphatic rings. The van der Waals surface area contributed by atoms with Crippen LogP contribution in [0.25, 0.3) is 11.8 Å². The fraction of sp³-hybridized carbons (Fsp3) is 0.111. The molecule has 6 rings (SSSR count). The Morgan fingerprint density at radius 1 is 1.05 bits per heavy atom. The number of fused-ring (bicyclic) bond motifs is 3. The summed E-state index contributed by atoms with van der Waals surface area (Å²) in [7, 11) is 0. The summed E-state index contributed by atoms with van der Waals surface area (Å²) >= 11 is 4.31. The van der Waals surface area contributed by atoms with Gasteiger partial charge in [0.25, 0.3) is 11.2 Å². The third-order valence-electron chi connectivity index (χ3n) is 6.84. The summed E-state index contributed by atoms with van der Waals surface area (Å²) in [5, 5.41) is 33.5. The number of halogens is 1. The third-order valence-corrected chi connectivity index (χ3v) is 8.28. The fourth-order valence-corrected chi connectivity index (χ4v) is 6.58. The van der Waals surface area contributed by atoms with Crippen LogP contribution in [-0.4, -0.2) is 19.5 Å². The lowest BCUT2D eigenvalue weighted by Crippen LogP contribution is -2.38. The first-order valence-corrected chi connectivity index (χ1v) is 13.4. The fourth-order valence-electron chi connectivity index (χ4n) is 5.13. The summed E-state index contributed by atoms with van der Waals surface area (Å²) in [6.07, 6.45) is 2.75. The first kappa shape index (κ1) is 24.9. The second-order valence-electron chi connectivity index (χ2n) is 9.09. The molecule has 0 amide bonds. The van der Waals surface area contributed by atoms with Gasteiger partial charge in [-0.2, -0.15) is 0 Å². The lowest BCUT2D eigenvalue weighted by molar-refractivity contribution is -0.386. The minimum Gasteiger partial charge on any atom is -0.502 e. The third kappa shape index (κ3) is 4.17. The summed E-state index contributed by atoms with van der Waals surface area (Å²) in [5.41, 5.74) is 3.39. The van der Waals surface area contributed by atoms with Crippen molar-refractivity contribution >= 4 is 50.4 Å². The number of thiazole rings is 1. The highest BCUT2D eigenvalue weighted by molar-refractivity contribution is 9.10. The zero-order chi connectivity index (χ0) is 27.4. The predicted octanol–water partition coefficient (Wildman–Crippen LogP) is 4.60. The van der Waals surface area contributed by atoms with Crippen LogP contribution >= 0.6 is 27.3 Å². The molecule has 1 aliphatic carbocycles. The van der Waals surface area contributed by atoms with Crippen LogP contribution in [0.2, 0.25) is 0 Å². The molecule has 3 aromatic carbocycles. The number of rotatable bonds is 4. The number of nitrogens with zero attached hydrogens (tertiary/aromatic N) is 4. The Hall–Kier alpha value is -4.42. The van der Waals surface area contributed by atoms with Gasteiger partial charge >= 0.3 is 5.69 Å². The van der Waals surface area contributed by atoms with Crippen molar-refractivity contribution in [2.75, 3.05) is 0 Å². The highest BCUT2D eigenvalue weighted by Crippen LogP contribution is 2.41. The second-order valence-corrected chi connectivity index (χ2v) is 11.0. The summed E-state index contributed by atoms with van der Waals surface area (Å²) in [6, 6.07) is 16.2. The number of aromatic hydroxyl groups is 1. The molecule has 10 nitrogen and oxygen atoms in total.